The zero-order valence-electron chi connectivity index (χ0n) is 11.3. The van der Waals surface area contributed by atoms with E-state index >= 15 is 0 Å². The van der Waals surface area contributed by atoms with Crippen LogP contribution in [0.2, 0.25) is 10.2 Å². The summed E-state index contributed by atoms with van der Waals surface area (Å²) in [7, 11) is 0. The first-order valence-electron chi connectivity index (χ1n) is 7.04. The summed E-state index contributed by atoms with van der Waals surface area (Å²) in [6.45, 7) is 0.641. The maximum atomic E-state index is 6.10. The average Bonchev–Trinajstić information content (AvgIpc) is 3.04. The summed E-state index contributed by atoms with van der Waals surface area (Å²) in [4.78, 5) is 4.41. The van der Waals surface area contributed by atoms with Crippen LogP contribution in [0.5, 0.6) is 5.75 Å². The second-order valence-corrected chi connectivity index (χ2v) is 6.30. The summed E-state index contributed by atoms with van der Waals surface area (Å²) in [6, 6.07) is 10.2. The Morgan fingerprint density at radius 3 is 2.90 bits per heavy atom. The number of pyridine rings is 1. The molecule has 0 spiro atoms. The molecule has 1 N–H and O–H groups in total. The number of aromatic nitrogens is 1. The third kappa shape index (κ3) is 2.39. The van der Waals surface area contributed by atoms with Gasteiger partial charge in [0, 0.05) is 22.3 Å². The lowest BCUT2D eigenvalue weighted by Crippen LogP contribution is -2.26. The minimum absolute atomic E-state index is 0.172. The highest BCUT2D eigenvalue weighted by Crippen LogP contribution is 2.38. The number of nitrogens with zero attached hydrogens (tertiary/aromatic N) is 1. The molecule has 1 aliphatic carbocycles. The number of benzene rings is 1. The quantitative estimate of drug-likeness (QED) is 0.846. The average molecular weight is 321 g/mol. The first-order chi connectivity index (χ1) is 10.2. The zero-order chi connectivity index (χ0) is 14.4. The molecule has 1 aliphatic heterocycles. The molecule has 0 saturated carbocycles. The molecule has 3 nitrogen and oxygen atoms in total. The number of fused-ring (bicyclic) bond motifs is 2. The van der Waals surface area contributed by atoms with E-state index < -0.39 is 0 Å². The molecule has 0 bridgehead atoms. The van der Waals surface area contributed by atoms with Crippen LogP contribution in [0.15, 0.2) is 30.3 Å². The molecule has 108 valence electrons. The van der Waals surface area contributed by atoms with Crippen molar-refractivity contribution >= 4 is 23.2 Å². The normalized spacial score (nSPS) is 22.8. The van der Waals surface area contributed by atoms with E-state index in [1.54, 1.807) is 0 Å². The number of halogens is 2. The van der Waals surface area contributed by atoms with Crippen LogP contribution in [0.25, 0.3) is 0 Å². The van der Waals surface area contributed by atoms with Crippen LogP contribution in [-0.4, -0.2) is 11.6 Å². The van der Waals surface area contributed by atoms with Crippen molar-refractivity contribution in [3.63, 3.8) is 0 Å². The van der Waals surface area contributed by atoms with Crippen LogP contribution in [0, 0.1) is 0 Å². The first kappa shape index (κ1) is 13.4. The maximum absolute atomic E-state index is 6.10. The summed E-state index contributed by atoms with van der Waals surface area (Å²) in [5, 5.41) is 4.98. The van der Waals surface area contributed by atoms with Gasteiger partial charge in [0.25, 0.3) is 0 Å². The van der Waals surface area contributed by atoms with E-state index in [0.29, 0.717) is 17.8 Å². The molecule has 0 fully saturated rings. The van der Waals surface area contributed by atoms with Gasteiger partial charge >= 0.3 is 0 Å². The fourth-order valence-electron chi connectivity index (χ4n) is 3.18. The number of ether oxygens (including phenoxy) is 1. The maximum Gasteiger partial charge on any atom is 0.129 e. The molecule has 4 rings (SSSR count). The minimum atomic E-state index is 0.172. The largest absolute Gasteiger partial charge is 0.491 e. The summed E-state index contributed by atoms with van der Waals surface area (Å²) in [5.74, 6) is 0.921. The smallest absolute Gasteiger partial charge is 0.129 e. The lowest BCUT2D eigenvalue weighted by atomic mass is 10.1. The number of hydrogen-bond donors (Lipinski definition) is 1. The topological polar surface area (TPSA) is 34.2 Å². The van der Waals surface area contributed by atoms with E-state index in [9.17, 15) is 0 Å². The highest BCUT2D eigenvalue weighted by atomic mass is 35.5. The van der Waals surface area contributed by atoms with E-state index in [1.807, 2.05) is 24.3 Å². The standard InChI is InChI=1S/C16H14Cl2N2O/c17-9-1-5-15-11(7-9)14(8-21-15)19-12-3-4-13-10(12)2-6-16(18)20-13/h1-2,5-7,12,14,19H,3-4,8H2. The van der Waals surface area contributed by atoms with Crippen LogP contribution in [-0.2, 0) is 6.42 Å². The SMILES string of the molecule is Clc1ccc2c(c1)C(NC1CCc3nc(Cl)ccc31)CO2. The van der Waals surface area contributed by atoms with E-state index in [-0.39, 0.29) is 6.04 Å². The molecule has 0 saturated heterocycles. The van der Waals surface area contributed by atoms with E-state index in [0.717, 1.165) is 34.9 Å². The molecule has 2 aliphatic rings. The molecule has 2 unspecified atom stereocenters. The number of hydrogen-bond acceptors (Lipinski definition) is 3. The highest BCUT2D eigenvalue weighted by molar-refractivity contribution is 6.30. The third-order valence-electron chi connectivity index (χ3n) is 4.18. The van der Waals surface area contributed by atoms with Gasteiger partial charge in [-0.3, -0.25) is 5.32 Å². The highest BCUT2D eigenvalue weighted by Gasteiger charge is 2.30. The third-order valence-corrected chi connectivity index (χ3v) is 4.62. The van der Waals surface area contributed by atoms with Gasteiger partial charge < -0.3 is 4.74 Å². The van der Waals surface area contributed by atoms with Crippen LogP contribution >= 0.6 is 23.2 Å². The molecule has 1 aromatic carbocycles. The Labute approximate surface area is 133 Å². The van der Waals surface area contributed by atoms with Crippen molar-refractivity contribution in [2.45, 2.75) is 24.9 Å². The van der Waals surface area contributed by atoms with Crippen LogP contribution < -0.4 is 10.1 Å². The monoisotopic (exact) mass is 320 g/mol. The van der Waals surface area contributed by atoms with Gasteiger partial charge in [-0.2, -0.15) is 0 Å². The van der Waals surface area contributed by atoms with Crippen molar-refractivity contribution in [3.8, 4) is 5.75 Å². The van der Waals surface area contributed by atoms with Gasteiger partial charge in [0.2, 0.25) is 0 Å². The fourth-order valence-corrected chi connectivity index (χ4v) is 3.52. The number of rotatable bonds is 2. The Hall–Kier alpha value is -1.29. The molecule has 0 radical (unpaired) electrons. The van der Waals surface area contributed by atoms with Gasteiger partial charge in [-0.05, 0) is 42.7 Å². The molecule has 5 heteroatoms. The summed E-state index contributed by atoms with van der Waals surface area (Å²) in [6.07, 6.45) is 2.00. The zero-order valence-corrected chi connectivity index (χ0v) is 12.8. The Kier molecular flexibility index (Phi) is 3.29. The van der Waals surface area contributed by atoms with Crippen molar-refractivity contribution in [2.24, 2.45) is 0 Å². The van der Waals surface area contributed by atoms with Crippen LogP contribution in [0.1, 0.15) is 35.3 Å². The Bertz CT molecular complexity index is 705. The molecule has 0 amide bonds. The van der Waals surface area contributed by atoms with Crippen LogP contribution in [0.4, 0.5) is 0 Å². The van der Waals surface area contributed by atoms with Gasteiger partial charge in [-0.1, -0.05) is 29.3 Å². The second-order valence-electron chi connectivity index (χ2n) is 5.47. The van der Waals surface area contributed by atoms with Gasteiger partial charge in [-0.25, -0.2) is 4.98 Å². The minimum Gasteiger partial charge on any atom is -0.491 e. The molecule has 1 aromatic heterocycles. The van der Waals surface area contributed by atoms with Crippen molar-refractivity contribution in [1.82, 2.24) is 10.3 Å². The molecule has 2 aromatic rings. The molecule has 2 atom stereocenters. The van der Waals surface area contributed by atoms with Crippen molar-refractivity contribution < 1.29 is 4.74 Å². The number of aryl methyl sites for hydroxylation is 1. The Morgan fingerprint density at radius 2 is 2.00 bits per heavy atom. The van der Waals surface area contributed by atoms with Crippen molar-refractivity contribution in [2.75, 3.05) is 6.61 Å². The summed E-state index contributed by atoms with van der Waals surface area (Å²) in [5.41, 5.74) is 3.48. The van der Waals surface area contributed by atoms with Gasteiger partial charge in [-0.15, -0.1) is 0 Å². The Morgan fingerprint density at radius 1 is 1.10 bits per heavy atom. The van der Waals surface area contributed by atoms with Crippen LogP contribution in [0.3, 0.4) is 0 Å². The second kappa shape index (κ2) is 5.16. The predicted molar refractivity (Wildman–Crippen MR) is 83.1 cm³/mol. The molecule has 2 heterocycles. The summed E-state index contributed by atoms with van der Waals surface area (Å²) < 4.78 is 5.73. The van der Waals surface area contributed by atoms with Gasteiger partial charge in [0.15, 0.2) is 0 Å². The lowest BCUT2D eigenvalue weighted by molar-refractivity contribution is 0.297. The van der Waals surface area contributed by atoms with E-state index in [4.69, 9.17) is 27.9 Å². The molecular weight excluding hydrogens is 307 g/mol. The fraction of sp³-hybridized carbons (Fsp3) is 0.312. The molecular formula is C16H14Cl2N2O. The van der Waals surface area contributed by atoms with E-state index in [1.165, 1.54) is 5.56 Å². The number of nitrogens with one attached hydrogen (secondary N) is 1. The van der Waals surface area contributed by atoms with E-state index in [2.05, 4.69) is 16.4 Å². The van der Waals surface area contributed by atoms with Gasteiger partial charge in [0.05, 0.1) is 6.04 Å². The first-order valence-corrected chi connectivity index (χ1v) is 7.80. The predicted octanol–water partition coefficient (Wildman–Crippen LogP) is 4.10. The van der Waals surface area contributed by atoms with Crippen molar-refractivity contribution in [1.29, 1.82) is 0 Å². The van der Waals surface area contributed by atoms with Crippen molar-refractivity contribution in [3.05, 3.63) is 57.3 Å². The molecule has 21 heavy (non-hydrogen) atoms. The Balaban J connectivity index is 1.59. The van der Waals surface area contributed by atoms with Gasteiger partial charge in [0.1, 0.15) is 17.5 Å². The summed E-state index contributed by atoms with van der Waals surface area (Å²) >= 11 is 12.1. The lowest BCUT2D eigenvalue weighted by Gasteiger charge is -2.19.